The molecule has 1 rings (SSSR count). The Morgan fingerprint density at radius 2 is 1.88 bits per heavy atom. The number of ether oxygens (including phenoxy) is 1. The van der Waals surface area contributed by atoms with Gasteiger partial charge in [-0.15, -0.1) is 0 Å². The van der Waals surface area contributed by atoms with E-state index in [4.69, 9.17) is 5.11 Å². The van der Waals surface area contributed by atoms with Crippen LogP contribution in [0.25, 0.3) is 0 Å². The molecule has 1 aromatic rings. The maximum absolute atomic E-state index is 11.6. The number of carbonyl (C=O) groups excluding carboxylic acids is 1. The van der Waals surface area contributed by atoms with Gasteiger partial charge >= 0.3 is 11.9 Å². The number of aromatic nitrogens is 2. The first-order valence-corrected chi connectivity index (χ1v) is 5.12. The number of carboxylic acids is 1. The summed E-state index contributed by atoms with van der Waals surface area (Å²) in [4.78, 5) is 22.6. The Bertz CT molecular complexity index is 469. The molecule has 0 amide bonds. The summed E-state index contributed by atoms with van der Waals surface area (Å²) in [6, 6.07) is 0. The average molecular weight is 240 g/mol. The average Bonchev–Trinajstić information content (AvgIpc) is 2.54. The number of methoxy groups -OCH3 is 1. The van der Waals surface area contributed by atoms with E-state index in [1.165, 1.54) is 11.8 Å². The second-order valence-electron chi connectivity index (χ2n) is 4.69. The van der Waals surface area contributed by atoms with Crippen molar-refractivity contribution in [2.75, 3.05) is 7.11 Å². The van der Waals surface area contributed by atoms with Gasteiger partial charge in [-0.25, -0.2) is 9.59 Å². The van der Waals surface area contributed by atoms with Crippen molar-refractivity contribution in [2.24, 2.45) is 0 Å². The van der Waals surface area contributed by atoms with E-state index in [1.54, 1.807) is 6.92 Å². The lowest BCUT2D eigenvalue weighted by Crippen LogP contribution is -2.25. The van der Waals surface area contributed by atoms with Crippen LogP contribution in [0.5, 0.6) is 0 Å². The van der Waals surface area contributed by atoms with E-state index in [9.17, 15) is 9.59 Å². The van der Waals surface area contributed by atoms with Gasteiger partial charge in [-0.3, -0.25) is 4.68 Å². The van der Waals surface area contributed by atoms with Gasteiger partial charge < -0.3 is 9.84 Å². The predicted molar refractivity (Wildman–Crippen MR) is 60.3 cm³/mol. The SMILES string of the molecule is COC(=O)c1c(C(=O)O)nn(C(C)(C)C)c1C. The maximum Gasteiger partial charge on any atom is 0.357 e. The quantitative estimate of drug-likeness (QED) is 0.791. The molecule has 0 saturated heterocycles. The highest BCUT2D eigenvalue weighted by atomic mass is 16.5. The van der Waals surface area contributed by atoms with Crippen LogP contribution in [0.3, 0.4) is 0 Å². The first-order chi connectivity index (χ1) is 7.70. The summed E-state index contributed by atoms with van der Waals surface area (Å²) >= 11 is 0. The largest absolute Gasteiger partial charge is 0.476 e. The third kappa shape index (κ3) is 2.30. The summed E-state index contributed by atoms with van der Waals surface area (Å²) in [6.45, 7) is 7.27. The fourth-order valence-corrected chi connectivity index (χ4v) is 1.65. The summed E-state index contributed by atoms with van der Waals surface area (Å²) in [6.07, 6.45) is 0. The van der Waals surface area contributed by atoms with Crippen LogP contribution >= 0.6 is 0 Å². The van der Waals surface area contributed by atoms with Gasteiger partial charge in [0.2, 0.25) is 0 Å². The highest BCUT2D eigenvalue weighted by Crippen LogP contribution is 2.22. The third-order valence-electron chi connectivity index (χ3n) is 2.34. The zero-order chi connectivity index (χ0) is 13.4. The van der Waals surface area contributed by atoms with Crippen LogP contribution in [-0.4, -0.2) is 33.9 Å². The molecule has 1 N–H and O–H groups in total. The summed E-state index contributed by atoms with van der Waals surface area (Å²) < 4.78 is 6.09. The summed E-state index contributed by atoms with van der Waals surface area (Å²) in [5.74, 6) is -1.92. The number of rotatable bonds is 2. The first kappa shape index (κ1) is 13.2. The Morgan fingerprint density at radius 3 is 2.24 bits per heavy atom. The molecule has 0 saturated carbocycles. The van der Waals surface area contributed by atoms with Crippen molar-refractivity contribution in [3.63, 3.8) is 0 Å². The van der Waals surface area contributed by atoms with E-state index in [0.29, 0.717) is 5.69 Å². The van der Waals surface area contributed by atoms with Crippen molar-refractivity contribution in [3.05, 3.63) is 17.0 Å². The zero-order valence-corrected chi connectivity index (χ0v) is 10.6. The summed E-state index contributed by atoms with van der Waals surface area (Å²) in [7, 11) is 1.21. The zero-order valence-electron chi connectivity index (χ0n) is 10.6. The van der Waals surface area contributed by atoms with Gasteiger partial charge in [-0.1, -0.05) is 0 Å². The molecule has 0 atom stereocenters. The molecule has 0 bridgehead atoms. The second-order valence-corrected chi connectivity index (χ2v) is 4.69. The van der Waals surface area contributed by atoms with Crippen LogP contribution in [-0.2, 0) is 10.3 Å². The molecule has 0 spiro atoms. The second kappa shape index (κ2) is 4.20. The van der Waals surface area contributed by atoms with Crippen LogP contribution in [0.15, 0.2) is 0 Å². The highest BCUT2D eigenvalue weighted by Gasteiger charge is 2.29. The number of aromatic carboxylic acids is 1. The Balaban J connectivity index is 3.52. The van der Waals surface area contributed by atoms with Crippen molar-refractivity contribution in [3.8, 4) is 0 Å². The topological polar surface area (TPSA) is 81.4 Å². The van der Waals surface area contributed by atoms with E-state index in [-0.39, 0.29) is 11.3 Å². The van der Waals surface area contributed by atoms with Crippen LogP contribution < -0.4 is 0 Å². The molecule has 0 aliphatic rings. The molecule has 94 valence electrons. The van der Waals surface area contributed by atoms with Gasteiger partial charge in [0.05, 0.1) is 18.3 Å². The van der Waals surface area contributed by atoms with Gasteiger partial charge in [-0.2, -0.15) is 5.10 Å². The Hall–Kier alpha value is -1.85. The fraction of sp³-hybridized carbons (Fsp3) is 0.545. The molecule has 0 radical (unpaired) electrons. The minimum Gasteiger partial charge on any atom is -0.476 e. The molecule has 1 heterocycles. The predicted octanol–water partition coefficient (Wildman–Crippen LogP) is 1.43. The van der Waals surface area contributed by atoms with Crippen molar-refractivity contribution < 1.29 is 19.4 Å². The standard InChI is InChI=1S/C11H16N2O4/c1-6-7(10(16)17-5)8(9(14)15)12-13(6)11(2,3)4/h1-5H3,(H,14,15). The normalized spacial score (nSPS) is 11.4. The molecule has 0 aromatic carbocycles. The lowest BCUT2D eigenvalue weighted by Gasteiger charge is -2.21. The van der Waals surface area contributed by atoms with Crippen LogP contribution in [0.1, 0.15) is 47.3 Å². The van der Waals surface area contributed by atoms with E-state index in [0.717, 1.165) is 0 Å². The van der Waals surface area contributed by atoms with Gasteiger partial charge in [0, 0.05) is 0 Å². The monoisotopic (exact) mass is 240 g/mol. The number of carbonyl (C=O) groups is 2. The molecular weight excluding hydrogens is 224 g/mol. The lowest BCUT2D eigenvalue weighted by molar-refractivity contribution is 0.0581. The van der Waals surface area contributed by atoms with E-state index in [1.807, 2.05) is 20.8 Å². The number of hydrogen-bond donors (Lipinski definition) is 1. The number of carboxylic acid groups (broad SMARTS) is 1. The van der Waals surface area contributed by atoms with Gasteiger partial charge in [0.15, 0.2) is 5.69 Å². The van der Waals surface area contributed by atoms with Gasteiger partial charge in [-0.05, 0) is 27.7 Å². The lowest BCUT2D eigenvalue weighted by atomic mass is 10.1. The van der Waals surface area contributed by atoms with Crippen molar-refractivity contribution in [2.45, 2.75) is 33.2 Å². The molecule has 0 unspecified atom stereocenters. The molecule has 17 heavy (non-hydrogen) atoms. The van der Waals surface area contributed by atoms with Crippen molar-refractivity contribution >= 4 is 11.9 Å². The van der Waals surface area contributed by atoms with E-state index < -0.39 is 17.5 Å². The Labute approximate surface area is 99.2 Å². The maximum atomic E-state index is 11.6. The molecule has 0 fully saturated rings. The molecule has 0 aliphatic carbocycles. The smallest absolute Gasteiger partial charge is 0.357 e. The first-order valence-electron chi connectivity index (χ1n) is 5.12. The Kier molecular flexibility index (Phi) is 3.26. The van der Waals surface area contributed by atoms with E-state index in [2.05, 4.69) is 9.84 Å². The number of esters is 1. The number of nitrogens with zero attached hydrogens (tertiary/aromatic N) is 2. The molecule has 6 heteroatoms. The minimum atomic E-state index is -1.24. The molecule has 1 aromatic heterocycles. The van der Waals surface area contributed by atoms with Crippen molar-refractivity contribution in [1.29, 1.82) is 0 Å². The van der Waals surface area contributed by atoms with E-state index >= 15 is 0 Å². The summed E-state index contributed by atoms with van der Waals surface area (Å²) in [5, 5.41) is 13.0. The molecular formula is C11H16N2O4. The molecule has 0 aliphatic heterocycles. The third-order valence-corrected chi connectivity index (χ3v) is 2.34. The van der Waals surface area contributed by atoms with Crippen LogP contribution in [0, 0.1) is 6.92 Å². The van der Waals surface area contributed by atoms with Crippen LogP contribution in [0.4, 0.5) is 0 Å². The van der Waals surface area contributed by atoms with Gasteiger partial charge in [0.25, 0.3) is 0 Å². The van der Waals surface area contributed by atoms with Crippen molar-refractivity contribution in [1.82, 2.24) is 9.78 Å². The minimum absolute atomic E-state index is 0.00919. The van der Waals surface area contributed by atoms with Gasteiger partial charge in [0.1, 0.15) is 5.56 Å². The van der Waals surface area contributed by atoms with Crippen LogP contribution in [0.2, 0.25) is 0 Å². The summed E-state index contributed by atoms with van der Waals surface area (Å²) in [5.41, 5.74) is -0.179. The number of hydrogen-bond acceptors (Lipinski definition) is 4. The Morgan fingerprint density at radius 1 is 1.35 bits per heavy atom. The fourth-order valence-electron chi connectivity index (χ4n) is 1.65. The highest BCUT2D eigenvalue weighted by molar-refractivity contribution is 6.02. The molecule has 6 nitrogen and oxygen atoms in total.